The van der Waals surface area contributed by atoms with Crippen LogP contribution in [0.1, 0.15) is 49.7 Å². The Kier molecular flexibility index (Phi) is 2.39. The van der Waals surface area contributed by atoms with E-state index in [9.17, 15) is 0 Å². The lowest BCUT2D eigenvalue weighted by Crippen LogP contribution is -2.48. The molecule has 4 atom stereocenters. The summed E-state index contributed by atoms with van der Waals surface area (Å²) >= 11 is 0. The van der Waals surface area contributed by atoms with Crippen molar-refractivity contribution in [3.8, 4) is 11.1 Å². The van der Waals surface area contributed by atoms with E-state index in [0.29, 0.717) is 5.41 Å². The van der Waals surface area contributed by atoms with Gasteiger partial charge in [-0.25, -0.2) is 0 Å². The highest BCUT2D eigenvalue weighted by molar-refractivity contribution is 5.81. The van der Waals surface area contributed by atoms with Gasteiger partial charge >= 0.3 is 0 Å². The Hall–Kier alpha value is -1.56. The standard InChI is InChI=1S/C23H24/c1-3-7-21-19(5-1)20-6-2-4-8-22(20)23(21)17-10-9-15-11-16(13-17)14-18(23)12-15/h1-8,15-18H,9-14H2/t15?,16?,17-,18?/m1/s1. The first-order valence-corrected chi connectivity index (χ1v) is 9.56. The summed E-state index contributed by atoms with van der Waals surface area (Å²) in [6, 6.07) is 18.7. The third kappa shape index (κ3) is 1.44. The first-order valence-electron chi connectivity index (χ1n) is 9.56. The molecule has 5 aliphatic carbocycles. The molecule has 3 unspecified atom stereocenters. The molecule has 0 radical (unpaired) electrons. The minimum atomic E-state index is 0.346. The normalized spacial score (nSPS) is 35.1. The van der Waals surface area contributed by atoms with Crippen molar-refractivity contribution in [2.24, 2.45) is 23.7 Å². The zero-order valence-electron chi connectivity index (χ0n) is 13.7. The van der Waals surface area contributed by atoms with E-state index < -0.39 is 0 Å². The van der Waals surface area contributed by atoms with E-state index in [1.165, 1.54) is 49.7 Å². The van der Waals surface area contributed by atoms with Crippen LogP contribution in [-0.2, 0) is 5.41 Å². The third-order valence-corrected chi connectivity index (χ3v) is 7.77. The van der Waals surface area contributed by atoms with Crippen LogP contribution in [0.2, 0.25) is 0 Å². The van der Waals surface area contributed by atoms with Gasteiger partial charge in [0.2, 0.25) is 0 Å². The van der Waals surface area contributed by atoms with Gasteiger partial charge < -0.3 is 0 Å². The molecule has 0 amide bonds. The summed E-state index contributed by atoms with van der Waals surface area (Å²) < 4.78 is 0. The van der Waals surface area contributed by atoms with Gasteiger partial charge in [0.15, 0.2) is 0 Å². The average Bonchev–Trinajstić information content (AvgIpc) is 2.73. The molecule has 0 heteroatoms. The minimum absolute atomic E-state index is 0.346. The van der Waals surface area contributed by atoms with Crippen molar-refractivity contribution < 1.29 is 0 Å². The highest BCUT2D eigenvalue weighted by Gasteiger charge is 2.59. The zero-order chi connectivity index (χ0) is 15.0. The Balaban J connectivity index is 1.69. The number of rotatable bonds is 0. The second-order valence-electron chi connectivity index (χ2n) is 8.61. The van der Waals surface area contributed by atoms with E-state index in [0.717, 1.165) is 23.7 Å². The molecule has 4 bridgehead atoms. The van der Waals surface area contributed by atoms with E-state index in [-0.39, 0.29) is 0 Å². The second kappa shape index (κ2) is 4.29. The predicted molar refractivity (Wildman–Crippen MR) is 94.3 cm³/mol. The van der Waals surface area contributed by atoms with E-state index in [1.54, 1.807) is 11.1 Å². The zero-order valence-corrected chi connectivity index (χ0v) is 13.7. The summed E-state index contributed by atoms with van der Waals surface area (Å²) in [7, 11) is 0. The molecule has 5 aliphatic rings. The van der Waals surface area contributed by atoms with Gasteiger partial charge in [0, 0.05) is 5.41 Å². The van der Waals surface area contributed by atoms with E-state index in [4.69, 9.17) is 0 Å². The van der Waals surface area contributed by atoms with Crippen molar-refractivity contribution in [2.45, 2.75) is 43.9 Å². The molecule has 2 aromatic rings. The van der Waals surface area contributed by atoms with Crippen molar-refractivity contribution >= 4 is 0 Å². The topological polar surface area (TPSA) is 0 Å². The number of benzene rings is 2. The molecule has 4 saturated carbocycles. The van der Waals surface area contributed by atoms with E-state index in [1.807, 2.05) is 0 Å². The quantitative estimate of drug-likeness (QED) is 0.577. The van der Waals surface area contributed by atoms with E-state index in [2.05, 4.69) is 48.5 Å². The fourth-order valence-electron chi connectivity index (χ4n) is 7.25. The van der Waals surface area contributed by atoms with Crippen LogP contribution in [-0.4, -0.2) is 0 Å². The molecule has 23 heavy (non-hydrogen) atoms. The molecule has 4 fully saturated rings. The molecule has 2 aromatic carbocycles. The lowest BCUT2D eigenvalue weighted by Gasteiger charge is -2.53. The van der Waals surface area contributed by atoms with E-state index >= 15 is 0 Å². The molecule has 7 rings (SSSR count). The summed E-state index contributed by atoms with van der Waals surface area (Å²) in [6.45, 7) is 0. The van der Waals surface area contributed by atoms with Crippen LogP contribution in [0, 0.1) is 23.7 Å². The summed E-state index contributed by atoms with van der Waals surface area (Å²) in [6.07, 6.45) is 8.93. The molecule has 1 spiro atoms. The molecule has 0 aliphatic heterocycles. The summed E-state index contributed by atoms with van der Waals surface area (Å²) in [4.78, 5) is 0. The average molecular weight is 300 g/mol. The van der Waals surface area contributed by atoms with Crippen LogP contribution in [0.4, 0.5) is 0 Å². The minimum Gasteiger partial charge on any atom is -0.0619 e. The van der Waals surface area contributed by atoms with Gasteiger partial charge in [-0.3, -0.25) is 0 Å². The molecule has 0 aromatic heterocycles. The Morgan fingerprint density at radius 2 is 1.22 bits per heavy atom. The monoisotopic (exact) mass is 300 g/mol. The lowest BCUT2D eigenvalue weighted by molar-refractivity contribution is 0.0618. The van der Waals surface area contributed by atoms with Gasteiger partial charge in [-0.15, -0.1) is 0 Å². The van der Waals surface area contributed by atoms with Crippen molar-refractivity contribution in [3.63, 3.8) is 0 Å². The molecular formula is C23H24. The van der Waals surface area contributed by atoms with Crippen LogP contribution in [0.25, 0.3) is 11.1 Å². The van der Waals surface area contributed by atoms with Gasteiger partial charge in [0.25, 0.3) is 0 Å². The van der Waals surface area contributed by atoms with Gasteiger partial charge in [-0.2, -0.15) is 0 Å². The highest BCUT2D eigenvalue weighted by Crippen LogP contribution is 2.67. The Bertz CT molecular complexity index is 731. The van der Waals surface area contributed by atoms with Crippen LogP contribution in [0.15, 0.2) is 48.5 Å². The Morgan fingerprint density at radius 3 is 1.96 bits per heavy atom. The SMILES string of the molecule is c1ccc2c(c1)-c1ccccc1C21C2CC3CC[C@@H]1CC(C3)C2. The second-order valence-corrected chi connectivity index (χ2v) is 8.61. The highest BCUT2D eigenvalue weighted by atomic mass is 14.6. The van der Waals surface area contributed by atoms with Crippen LogP contribution >= 0.6 is 0 Å². The first-order chi connectivity index (χ1) is 11.4. The van der Waals surface area contributed by atoms with Crippen molar-refractivity contribution in [1.29, 1.82) is 0 Å². The van der Waals surface area contributed by atoms with Crippen LogP contribution < -0.4 is 0 Å². The molecule has 0 N–H and O–H groups in total. The fraction of sp³-hybridized carbons (Fsp3) is 0.478. The lowest BCUT2D eigenvalue weighted by atomic mass is 9.51. The molecule has 0 saturated heterocycles. The van der Waals surface area contributed by atoms with Gasteiger partial charge in [-0.05, 0) is 78.0 Å². The Morgan fingerprint density at radius 1 is 0.609 bits per heavy atom. The summed E-state index contributed by atoms with van der Waals surface area (Å²) in [5, 5.41) is 0. The molecule has 0 heterocycles. The van der Waals surface area contributed by atoms with Gasteiger partial charge in [0.1, 0.15) is 0 Å². The maximum atomic E-state index is 2.47. The van der Waals surface area contributed by atoms with Gasteiger partial charge in [0.05, 0.1) is 0 Å². The third-order valence-electron chi connectivity index (χ3n) is 7.77. The van der Waals surface area contributed by atoms with Crippen molar-refractivity contribution in [3.05, 3.63) is 59.7 Å². The van der Waals surface area contributed by atoms with Crippen LogP contribution in [0.3, 0.4) is 0 Å². The fourth-order valence-corrected chi connectivity index (χ4v) is 7.25. The van der Waals surface area contributed by atoms with Crippen LogP contribution in [0.5, 0.6) is 0 Å². The largest absolute Gasteiger partial charge is 0.0619 e. The summed E-state index contributed by atoms with van der Waals surface area (Å²) in [5.74, 6) is 3.81. The maximum absolute atomic E-state index is 2.47. The maximum Gasteiger partial charge on any atom is 0.0271 e. The Labute approximate surface area is 138 Å². The smallest absolute Gasteiger partial charge is 0.0271 e. The number of hydrogen-bond donors (Lipinski definition) is 0. The van der Waals surface area contributed by atoms with Crippen molar-refractivity contribution in [1.82, 2.24) is 0 Å². The number of hydrogen-bond acceptors (Lipinski definition) is 0. The molecular weight excluding hydrogens is 276 g/mol. The van der Waals surface area contributed by atoms with Gasteiger partial charge in [-0.1, -0.05) is 55.0 Å². The number of fused-ring (bicyclic) bond motifs is 4. The van der Waals surface area contributed by atoms with Crippen molar-refractivity contribution in [2.75, 3.05) is 0 Å². The first kappa shape index (κ1) is 12.8. The molecule has 0 nitrogen and oxygen atoms in total. The summed E-state index contributed by atoms with van der Waals surface area (Å²) in [5.41, 5.74) is 6.78. The molecule has 116 valence electrons. The predicted octanol–water partition coefficient (Wildman–Crippen LogP) is 5.80.